The summed E-state index contributed by atoms with van der Waals surface area (Å²) in [6, 6.07) is 12.4. The Hall–Kier alpha value is -2.88. The van der Waals surface area contributed by atoms with Gasteiger partial charge in [0.15, 0.2) is 5.78 Å². The molecule has 4 nitrogen and oxygen atoms in total. The van der Waals surface area contributed by atoms with Crippen LogP contribution in [0.4, 0.5) is 0 Å². The van der Waals surface area contributed by atoms with E-state index in [4.69, 9.17) is 0 Å². The monoisotopic (exact) mass is 544 g/mol. The van der Waals surface area contributed by atoms with Gasteiger partial charge in [-0.3, -0.25) is 19.2 Å². The molecule has 2 aromatic rings. The highest BCUT2D eigenvalue weighted by Gasteiger charge is 2.34. The van der Waals surface area contributed by atoms with Gasteiger partial charge in [0.2, 0.25) is 0 Å². The first-order valence-corrected chi connectivity index (χ1v) is 15.1. The molecule has 3 rings (SSSR count). The average Bonchev–Trinajstić information content (AvgIpc) is 2.83. The lowest BCUT2D eigenvalue weighted by molar-refractivity contribution is -0.130. The van der Waals surface area contributed by atoms with Crippen molar-refractivity contribution in [3.63, 3.8) is 0 Å². The van der Waals surface area contributed by atoms with Crippen molar-refractivity contribution in [1.82, 2.24) is 0 Å². The maximum atomic E-state index is 13.5. The second-order valence-corrected chi connectivity index (χ2v) is 13.3. The van der Waals surface area contributed by atoms with Crippen LogP contribution in [0.15, 0.2) is 36.4 Å². The number of fused-ring (bicyclic) bond motifs is 1. The van der Waals surface area contributed by atoms with Gasteiger partial charge in [0.25, 0.3) is 0 Å². The largest absolute Gasteiger partial charge is 0.300 e. The summed E-state index contributed by atoms with van der Waals surface area (Å²) < 4.78 is 0. The maximum Gasteiger partial charge on any atom is 0.163 e. The van der Waals surface area contributed by atoms with Crippen molar-refractivity contribution in [3.8, 4) is 11.1 Å². The van der Waals surface area contributed by atoms with Gasteiger partial charge >= 0.3 is 0 Å². The van der Waals surface area contributed by atoms with E-state index in [1.807, 2.05) is 32.0 Å². The molecule has 0 aliphatic heterocycles. The van der Waals surface area contributed by atoms with Crippen LogP contribution in [-0.4, -0.2) is 23.1 Å². The van der Waals surface area contributed by atoms with Crippen LogP contribution < -0.4 is 0 Å². The van der Waals surface area contributed by atoms with Crippen molar-refractivity contribution in [2.24, 2.45) is 23.2 Å². The summed E-state index contributed by atoms with van der Waals surface area (Å²) in [6.07, 6.45) is 5.76. The Kier molecular flexibility index (Phi) is 10.8. The third-order valence-corrected chi connectivity index (χ3v) is 8.30. The molecular weight excluding hydrogens is 496 g/mol. The molecule has 1 aliphatic rings. The minimum atomic E-state index is -0.133. The zero-order valence-electron chi connectivity index (χ0n) is 25.7. The molecule has 0 N–H and O–H groups in total. The van der Waals surface area contributed by atoms with E-state index in [9.17, 15) is 19.2 Å². The number of benzene rings is 2. The molecule has 0 bridgehead atoms. The minimum absolute atomic E-state index is 0.00624. The predicted molar refractivity (Wildman–Crippen MR) is 163 cm³/mol. The summed E-state index contributed by atoms with van der Waals surface area (Å²) in [5, 5.41) is 0. The first kappa shape index (κ1) is 31.6. The second kappa shape index (κ2) is 13.7. The van der Waals surface area contributed by atoms with Crippen LogP contribution in [0.3, 0.4) is 0 Å². The number of Topliss-reactive ketones (excluding diaryl/α,β-unsaturated/α-hetero) is 4. The Balaban J connectivity index is 1.86. The molecule has 0 amide bonds. The van der Waals surface area contributed by atoms with Gasteiger partial charge < -0.3 is 0 Å². The fourth-order valence-corrected chi connectivity index (χ4v) is 6.69. The number of carbonyl (C=O) groups excluding carboxylic acids is 4. The Morgan fingerprint density at radius 2 is 1.65 bits per heavy atom. The number of hydrogen-bond donors (Lipinski definition) is 0. The molecule has 0 saturated carbocycles. The molecule has 0 saturated heterocycles. The fraction of sp³-hybridized carbons (Fsp3) is 0.556. The third kappa shape index (κ3) is 8.32. The number of rotatable bonds is 13. The van der Waals surface area contributed by atoms with Crippen LogP contribution in [0, 0.1) is 30.1 Å². The summed E-state index contributed by atoms with van der Waals surface area (Å²) in [6.45, 7) is 13.9. The standard InChI is InChI=1S/C36H48O4/c1-8-10-28(30(9-2)33(39)17-24(4)37)18-26-20-32-31(16-11-23(3)35(32)34(40)21-26)27-14-12-25(13-15-27)19-29(38)22-36(5,6)7/h11-16,26,28,30H,8-10,17-22H2,1-7H3. The van der Waals surface area contributed by atoms with E-state index in [2.05, 4.69) is 45.9 Å². The van der Waals surface area contributed by atoms with Crippen molar-refractivity contribution >= 4 is 23.1 Å². The van der Waals surface area contributed by atoms with E-state index in [1.54, 1.807) is 0 Å². The van der Waals surface area contributed by atoms with Gasteiger partial charge in [0.1, 0.15) is 17.3 Å². The van der Waals surface area contributed by atoms with Crippen molar-refractivity contribution < 1.29 is 19.2 Å². The molecule has 1 aliphatic carbocycles. The van der Waals surface area contributed by atoms with E-state index in [0.717, 1.165) is 65.5 Å². The van der Waals surface area contributed by atoms with Gasteiger partial charge in [-0.2, -0.15) is 0 Å². The zero-order chi connectivity index (χ0) is 29.6. The zero-order valence-corrected chi connectivity index (χ0v) is 25.7. The normalized spacial score (nSPS) is 16.8. The molecule has 2 aromatic carbocycles. The van der Waals surface area contributed by atoms with Crippen molar-refractivity contribution in [3.05, 3.63) is 58.7 Å². The number of ketones is 4. The average molecular weight is 545 g/mol. The maximum absolute atomic E-state index is 13.5. The lowest BCUT2D eigenvalue weighted by Gasteiger charge is -2.32. The van der Waals surface area contributed by atoms with E-state index in [1.165, 1.54) is 6.92 Å². The van der Waals surface area contributed by atoms with Gasteiger partial charge in [0, 0.05) is 30.7 Å². The van der Waals surface area contributed by atoms with Gasteiger partial charge in [-0.15, -0.1) is 0 Å². The lowest BCUT2D eigenvalue weighted by atomic mass is 9.71. The lowest BCUT2D eigenvalue weighted by Crippen LogP contribution is -2.30. The predicted octanol–water partition coefficient (Wildman–Crippen LogP) is 8.34. The topological polar surface area (TPSA) is 68.3 Å². The molecule has 0 spiro atoms. The third-order valence-electron chi connectivity index (χ3n) is 8.30. The second-order valence-electron chi connectivity index (χ2n) is 13.3. The first-order chi connectivity index (χ1) is 18.8. The molecule has 0 radical (unpaired) electrons. The highest BCUT2D eigenvalue weighted by molar-refractivity contribution is 6.02. The van der Waals surface area contributed by atoms with E-state index >= 15 is 0 Å². The van der Waals surface area contributed by atoms with Crippen molar-refractivity contribution in [2.45, 2.75) is 106 Å². The smallest absolute Gasteiger partial charge is 0.163 e. The quantitative estimate of drug-likeness (QED) is 0.238. The van der Waals surface area contributed by atoms with Crippen molar-refractivity contribution in [1.29, 1.82) is 0 Å². The molecule has 0 heterocycles. The van der Waals surface area contributed by atoms with E-state index < -0.39 is 0 Å². The van der Waals surface area contributed by atoms with Gasteiger partial charge in [-0.25, -0.2) is 0 Å². The summed E-state index contributed by atoms with van der Waals surface area (Å²) >= 11 is 0. The number of aryl methyl sites for hydroxylation is 1. The molecule has 3 atom stereocenters. The Bertz CT molecular complexity index is 1230. The number of carbonyl (C=O) groups is 4. The van der Waals surface area contributed by atoms with Crippen LogP contribution in [0.1, 0.15) is 114 Å². The highest BCUT2D eigenvalue weighted by Crippen LogP contribution is 2.40. The Labute approximate surface area is 241 Å². The molecule has 0 fully saturated rings. The summed E-state index contributed by atoms with van der Waals surface area (Å²) in [5.41, 5.74) is 6.11. The van der Waals surface area contributed by atoms with E-state index in [-0.39, 0.29) is 52.7 Å². The molecular formula is C36H48O4. The summed E-state index contributed by atoms with van der Waals surface area (Å²) in [4.78, 5) is 50.6. The fourth-order valence-electron chi connectivity index (χ4n) is 6.69. The van der Waals surface area contributed by atoms with Crippen LogP contribution >= 0.6 is 0 Å². The van der Waals surface area contributed by atoms with Gasteiger partial charge in [-0.1, -0.05) is 83.9 Å². The molecule has 216 valence electrons. The van der Waals surface area contributed by atoms with Gasteiger partial charge in [0.05, 0.1) is 6.42 Å². The summed E-state index contributed by atoms with van der Waals surface area (Å²) in [5.74, 6) is 0.623. The highest BCUT2D eigenvalue weighted by atomic mass is 16.1. The summed E-state index contributed by atoms with van der Waals surface area (Å²) in [7, 11) is 0. The minimum Gasteiger partial charge on any atom is -0.300 e. The Morgan fingerprint density at radius 1 is 0.975 bits per heavy atom. The molecule has 3 unspecified atom stereocenters. The van der Waals surface area contributed by atoms with Gasteiger partial charge in [-0.05, 0) is 78.2 Å². The van der Waals surface area contributed by atoms with Crippen LogP contribution in [0.5, 0.6) is 0 Å². The molecule has 0 aromatic heterocycles. The van der Waals surface area contributed by atoms with Crippen LogP contribution in [-0.2, 0) is 27.2 Å². The van der Waals surface area contributed by atoms with E-state index in [0.29, 0.717) is 19.3 Å². The van der Waals surface area contributed by atoms with Crippen LogP contribution in [0.2, 0.25) is 0 Å². The molecule has 4 heteroatoms. The van der Waals surface area contributed by atoms with Crippen LogP contribution in [0.25, 0.3) is 11.1 Å². The molecule has 40 heavy (non-hydrogen) atoms. The SMILES string of the molecule is CCCC(CC1CC(=O)c2c(C)ccc(-c3ccc(CC(=O)CC(C)(C)C)cc3)c2C1)C(CC)C(=O)CC(C)=O. The number of hydrogen-bond acceptors (Lipinski definition) is 4. The van der Waals surface area contributed by atoms with Crippen molar-refractivity contribution in [2.75, 3.05) is 0 Å². The first-order valence-electron chi connectivity index (χ1n) is 15.1. The Morgan fingerprint density at radius 3 is 2.23 bits per heavy atom.